The number of anilines is 1. The van der Waals surface area contributed by atoms with Gasteiger partial charge in [0.25, 0.3) is 0 Å². The molecule has 0 aromatic heterocycles. The summed E-state index contributed by atoms with van der Waals surface area (Å²) in [4.78, 5) is 1.97. The maximum absolute atomic E-state index is 14.4. The molecule has 150 valence electrons. The van der Waals surface area contributed by atoms with E-state index >= 15 is 0 Å². The van der Waals surface area contributed by atoms with Crippen LogP contribution in [0, 0.1) is 17.1 Å². The van der Waals surface area contributed by atoms with Gasteiger partial charge in [-0.3, -0.25) is 0 Å². The van der Waals surface area contributed by atoms with E-state index in [-0.39, 0.29) is 30.5 Å². The number of hydrogen-bond donors (Lipinski definition) is 2. The summed E-state index contributed by atoms with van der Waals surface area (Å²) in [6.45, 7) is 3.12. The molecule has 0 amide bonds. The van der Waals surface area contributed by atoms with Crippen LogP contribution in [-0.2, 0) is 22.3 Å². The first-order valence-corrected chi connectivity index (χ1v) is 10.3. The number of rotatable bonds is 6. The molecular formula is C19H22ClFN4O2S. The minimum absolute atomic E-state index is 0. The number of benzene rings is 2. The zero-order chi connectivity index (χ0) is 19.3. The van der Waals surface area contributed by atoms with Crippen LogP contribution < -0.4 is 14.9 Å². The Bertz CT molecular complexity index is 957. The Morgan fingerprint density at radius 2 is 1.89 bits per heavy atom. The standard InChI is InChI=1S/C19H21FN4O2S.ClH/c20-18-11-16(4-5-19(18)24-8-6-22-7-9-24)13-23-27(25,26)14-17-3-1-2-15(10-17)12-21;/h1-5,10-11,22-23H,6-9,13-14H2;1H. The van der Waals surface area contributed by atoms with E-state index in [4.69, 9.17) is 5.26 Å². The second-order valence-electron chi connectivity index (χ2n) is 6.42. The zero-order valence-corrected chi connectivity index (χ0v) is 16.8. The fourth-order valence-corrected chi connectivity index (χ4v) is 4.12. The quantitative estimate of drug-likeness (QED) is 0.742. The minimum atomic E-state index is -3.60. The van der Waals surface area contributed by atoms with Gasteiger partial charge in [0.1, 0.15) is 5.82 Å². The fourth-order valence-electron chi connectivity index (χ4n) is 3.02. The van der Waals surface area contributed by atoms with Gasteiger partial charge in [0.15, 0.2) is 0 Å². The summed E-state index contributed by atoms with van der Waals surface area (Å²) < 4.78 is 41.4. The molecular weight excluding hydrogens is 403 g/mol. The van der Waals surface area contributed by atoms with Crippen LogP contribution in [0.2, 0.25) is 0 Å². The Balaban J connectivity index is 0.00000280. The van der Waals surface area contributed by atoms with Crippen molar-refractivity contribution in [3.8, 4) is 6.07 Å². The number of hydrogen-bond acceptors (Lipinski definition) is 5. The van der Waals surface area contributed by atoms with Crippen molar-refractivity contribution in [3.05, 3.63) is 65.0 Å². The van der Waals surface area contributed by atoms with Crippen molar-refractivity contribution < 1.29 is 12.8 Å². The number of halogens is 2. The van der Waals surface area contributed by atoms with Crippen molar-refractivity contribution >= 4 is 28.1 Å². The zero-order valence-electron chi connectivity index (χ0n) is 15.2. The van der Waals surface area contributed by atoms with E-state index in [2.05, 4.69) is 10.0 Å². The largest absolute Gasteiger partial charge is 0.367 e. The summed E-state index contributed by atoms with van der Waals surface area (Å²) >= 11 is 0. The van der Waals surface area contributed by atoms with Gasteiger partial charge in [0, 0.05) is 32.7 Å². The van der Waals surface area contributed by atoms with Gasteiger partial charge >= 0.3 is 0 Å². The van der Waals surface area contributed by atoms with Crippen molar-refractivity contribution in [1.82, 2.24) is 10.0 Å². The summed E-state index contributed by atoms with van der Waals surface area (Å²) in [6.07, 6.45) is 0. The molecule has 1 aliphatic rings. The van der Waals surface area contributed by atoms with Gasteiger partial charge < -0.3 is 10.2 Å². The van der Waals surface area contributed by atoms with Gasteiger partial charge in [0.05, 0.1) is 23.1 Å². The highest BCUT2D eigenvalue weighted by Crippen LogP contribution is 2.21. The topological polar surface area (TPSA) is 85.2 Å². The maximum Gasteiger partial charge on any atom is 0.216 e. The predicted octanol–water partition coefficient (Wildman–Crippen LogP) is 2.15. The predicted molar refractivity (Wildman–Crippen MR) is 109 cm³/mol. The summed E-state index contributed by atoms with van der Waals surface area (Å²) in [5, 5.41) is 12.1. The van der Waals surface area contributed by atoms with Crippen LogP contribution in [0.25, 0.3) is 0 Å². The summed E-state index contributed by atoms with van der Waals surface area (Å²) in [5.74, 6) is -0.584. The lowest BCUT2D eigenvalue weighted by Gasteiger charge is -2.29. The van der Waals surface area contributed by atoms with Crippen molar-refractivity contribution in [2.45, 2.75) is 12.3 Å². The number of nitrogens with one attached hydrogen (secondary N) is 2. The third-order valence-corrected chi connectivity index (χ3v) is 5.68. The number of piperazine rings is 1. The molecule has 6 nitrogen and oxygen atoms in total. The highest BCUT2D eigenvalue weighted by molar-refractivity contribution is 7.88. The first-order chi connectivity index (χ1) is 13.0. The van der Waals surface area contributed by atoms with E-state index in [9.17, 15) is 12.8 Å². The van der Waals surface area contributed by atoms with E-state index in [1.165, 1.54) is 6.07 Å². The fraction of sp³-hybridized carbons (Fsp3) is 0.316. The first kappa shape index (κ1) is 22.1. The normalized spacial score (nSPS) is 14.2. The van der Waals surface area contributed by atoms with Crippen molar-refractivity contribution in [2.75, 3.05) is 31.1 Å². The molecule has 0 unspecified atom stereocenters. The molecule has 1 saturated heterocycles. The lowest BCUT2D eigenvalue weighted by molar-refractivity contribution is 0.564. The summed E-state index contributed by atoms with van der Waals surface area (Å²) in [5.41, 5.74) is 2.03. The Kier molecular flexibility index (Phi) is 7.78. The van der Waals surface area contributed by atoms with Gasteiger partial charge in [-0.2, -0.15) is 5.26 Å². The van der Waals surface area contributed by atoms with Crippen LogP contribution in [-0.4, -0.2) is 34.6 Å². The van der Waals surface area contributed by atoms with Gasteiger partial charge in [-0.05, 0) is 35.4 Å². The van der Waals surface area contributed by atoms with Gasteiger partial charge in [-0.25, -0.2) is 17.5 Å². The molecule has 2 N–H and O–H groups in total. The minimum Gasteiger partial charge on any atom is -0.367 e. The van der Waals surface area contributed by atoms with Crippen LogP contribution in [0.4, 0.5) is 10.1 Å². The second-order valence-corrected chi connectivity index (χ2v) is 8.22. The van der Waals surface area contributed by atoms with Crippen LogP contribution in [0.1, 0.15) is 16.7 Å². The molecule has 0 radical (unpaired) electrons. The number of sulfonamides is 1. The molecule has 0 spiro atoms. The van der Waals surface area contributed by atoms with Crippen LogP contribution in [0.15, 0.2) is 42.5 Å². The Morgan fingerprint density at radius 3 is 2.57 bits per heavy atom. The van der Waals surface area contributed by atoms with E-state index in [1.54, 1.807) is 36.4 Å². The van der Waals surface area contributed by atoms with E-state index in [0.717, 1.165) is 26.2 Å². The highest BCUT2D eigenvalue weighted by Gasteiger charge is 2.16. The molecule has 3 rings (SSSR count). The molecule has 1 fully saturated rings. The molecule has 9 heteroatoms. The van der Waals surface area contributed by atoms with Gasteiger partial charge in [0.2, 0.25) is 10.0 Å². The van der Waals surface area contributed by atoms with E-state index < -0.39 is 10.0 Å². The molecule has 1 heterocycles. The van der Waals surface area contributed by atoms with E-state index in [0.29, 0.717) is 22.4 Å². The van der Waals surface area contributed by atoms with Crippen LogP contribution in [0.5, 0.6) is 0 Å². The van der Waals surface area contributed by atoms with E-state index in [1.807, 2.05) is 11.0 Å². The van der Waals surface area contributed by atoms with Crippen molar-refractivity contribution in [2.24, 2.45) is 0 Å². The average molecular weight is 425 g/mol. The average Bonchev–Trinajstić information content (AvgIpc) is 2.67. The summed E-state index contributed by atoms with van der Waals surface area (Å²) in [6, 6.07) is 13.2. The first-order valence-electron chi connectivity index (χ1n) is 8.67. The lowest BCUT2D eigenvalue weighted by Crippen LogP contribution is -2.43. The van der Waals surface area contributed by atoms with Crippen molar-refractivity contribution in [1.29, 1.82) is 5.26 Å². The molecule has 0 atom stereocenters. The van der Waals surface area contributed by atoms with Gasteiger partial charge in [-0.15, -0.1) is 12.4 Å². The molecule has 1 aliphatic heterocycles. The highest BCUT2D eigenvalue weighted by atomic mass is 35.5. The number of nitriles is 1. The van der Waals surface area contributed by atoms with Gasteiger partial charge in [-0.1, -0.05) is 18.2 Å². The third kappa shape index (κ3) is 5.91. The Hall–Kier alpha value is -2.18. The molecule has 0 bridgehead atoms. The SMILES string of the molecule is Cl.N#Cc1cccc(CS(=O)(=O)NCc2ccc(N3CCNCC3)c(F)c2)c1. The summed E-state index contributed by atoms with van der Waals surface area (Å²) in [7, 11) is -3.60. The molecule has 28 heavy (non-hydrogen) atoms. The van der Waals surface area contributed by atoms with Crippen LogP contribution in [0.3, 0.4) is 0 Å². The Labute approximate surface area is 170 Å². The second kappa shape index (κ2) is 9.85. The smallest absolute Gasteiger partial charge is 0.216 e. The molecule has 0 aliphatic carbocycles. The van der Waals surface area contributed by atoms with Crippen LogP contribution >= 0.6 is 12.4 Å². The third-order valence-electron chi connectivity index (χ3n) is 4.38. The monoisotopic (exact) mass is 424 g/mol. The maximum atomic E-state index is 14.4. The molecule has 0 saturated carbocycles. The molecule has 2 aromatic rings. The van der Waals surface area contributed by atoms with Crippen molar-refractivity contribution in [3.63, 3.8) is 0 Å². The lowest BCUT2D eigenvalue weighted by atomic mass is 10.1. The Morgan fingerprint density at radius 1 is 1.14 bits per heavy atom. The molecule has 2 aromatic carbocycles. The number of nitrogens with zero attached hydrogens (tertiary/aromatic N) is 2.